The van der Waals surface area contributed by atoms with E-state index < -0.39 is 0 Å². The smallest absolute Gasteiger partial charge is 0.152 e. The molecule has 3 heterocycles. The number of benzene rings is 1. The number of anilines is 3. The molecule has 0 saturated carbocycles. The van der Waals surface area contributed by atoms with Gasteiger partial charge in [0.05, 0.1) is 17.4 Å². The van der Waals surface area contributed by atoms with E-state index >= 15 is 0 Å². The molecule has 0 unspecified atom stereocenters. The summed E-state index contributed by atoms with van der Waals surface area (Å²) in [6, 6.07) is 10.9. The maximum atomic E-state index is 10.1. The summed E-state index contributed by atoms with van der Waals surface area (Å²) in [7, 11) is 0. The van der Waals surface area contributed by atoms with Gasteiger partial charge >= 0.3 is 0 Å². The van der Waals surface area contributed by atoms with Crippen molar-refractivity contribution in [3.8, 4) is 6.07 Å². The molecule has 1 aliphatic heterocycles. The number of hydrogen-bond donors (Lipinski definition) is 2. The lowest BCUT2D eigenvalue weighted by Gasteiger charge is -2.38. The third-order valence-corrected chi connectivity index (χ3v) is 5.23. The lowest BCUT2D eigenvalue weighted by atomic mass is 9.98. The fraction of sp³-hybridized carbons (Fsp3) is 0.391. The largest absolute Gasteiger partial charge is 0.370 e. The summed E-state index contributed by atoms with van der Waals surface area (Å²) < 4.78 is 0. The average molecular weight is 402 g/mol. The highest BCUT2D eigenvalue weighted by Gasteiger charge is 2.27. The Hall–Kier alpha value is -3.24. The summed E-state index contributed by atoms with van der Waals surface area (Å²) in [6.45, 7) is 8.39. The van der Waals surface area contributed by atoms with Crippen LogP contribution in [0.5, 0.6) is 0 Å². The van der Waals surface area contributed by atoms with E-state index in [1.165, 1.54) is 0 Å². The van der Waals surface area contributed by atoms with Crippen molar-refractivity contribution in [2.45, 2.75) is 45.2 Å². The van der Waals surface area contributed by atoms with E-state index in [0.717, 1.165) is 42.5 Å². The van der Waals surface area contributed by atoms with Crippen LogP contribution in [0.3, 0.4) is 0 Å². The molecule has 1 aliphatic rings. The van der Waals surface area contributed by atoms with Crippen LogP contribution in [0.4, 0.5) is 17.3 Å². The highest BCUT2D eigenvalue weighted by molar-refractivity contribution is 5.98. The molecular formula is C23H27N7. The van der Waals surface area contributed by atoms with E-state index in [1.54, 1.807) is 18.6 Å². The standard InChI is InChI=1S/C23H27N7/c1-23(2,3)29-16-8-12-30(13-9-16)21-17-6-4-5-7-19(17)27-22(18(21)14-24)28-20-15-25-10-11-26-20/h4-7,10-11,15-16,29H,8-9,12-13H2,1-3H3,(H,26,27,28). The molecule has 0 radical (unpaired) electrons. The lowest BCUT2D eigenvalue weighted by Crippen LogP contribution is -2.49. The Bertz CT molecular complexity index is 1060. The number of nitriles is 1. The predicted octanol–water partition coefficient (Wildman–Crippen LogP) is 4.00. The van der Waals surface area contributed by atoms with Gasteiger partial charge in [0.1, 0.15) is 17.5 Å². The Morgan fingerprint density at radius 1 is 1.13 bits per heavy atom. The minimum Gasteiger partial charge on any atom is -0.370 e. The second-order valence-corrected chi connectivity index (χ2v) is 8.68. The highest BCUT2D eigenvalue weighted by Crippen LogP contribution is 2.36. The van der Waals surface area contributed by atoms with E-state index in [0.29, 0.717) is 23.2 Å². The zero-order valence-electron chi connectivity index (χ0n) is 17.7. The number of aromatic nitrogens is 3. The molecule has 1 saturated heterocycles. The van der Waals surface area contributed by atoms with E-state index in [4.69, 9.17) is 4.98 Å². The van der Waals surface area contributed by atoms with Crippen molar-refractivity contribution in [3.63, 3.8) is 0 Å². The monoisotopic (exact) mass is 401 g/mol. The van der Waals surface area contributed by atoms with E-state index in [9.17, 15) is 5.26 Å². The second kappa shape index (κ2) is 8.25. The molecule has 0 spiro atoms. The Kier molecular flexibility index (Phi) is 5.51. The van der Waals surface area contributed by atoms with Crippen LogP contribution >= 0.6 is 0 Å². The average Bonchev–Trinajstić information content (AvgIpc) is 2.73. The summed E-state index contributed by atoms with van der Waals surface area (Å²) >= 11 is 0. The predicted molar refractivity (Wildman–Crippen MR) is 120 cm³/mol. The number of nitrogens with zero attached hydrogens (tertiary/aromatic N) is 5. The fourth-order valence-corrected chi connectivity index (χ4v) is 4.06. The molecule has 7 heteroatoms. The molecule has 4 rings (SSSR count). The van der Waals surface area contributed by atoms with E-state index in [1.807, 2.05) is 24.3 Å². The van der Waals surface area contributed by atoms with Crippen molar-refractivity contribution in [1.82, 2.24) is 20.3 Å². The van der Waals surface area contributed by atoms with Crippen LogP contribution < -0.4 is 15.5 Å². The number of piperidine rings is 1. The van der Waals surface area contributed by atoms with Gasteiger partial charge in [-0.3, -0.25) is 4.98 Å². The van der Waals surface area contributed by atoms with Gasteiger partial charge in [-0.15, -0.1) is 0 Å². The van der Waals surface area contributed by atoms with Crippen LogP contribution in [0.1, 0.15) is 39.2 Å². The number of pyridine rings is 1. The van der Waals surface area contributed by atoms with Crippen molar-refractivity contribution in [3.05, 3.63) is 48.4 Å². The van der Waals surface area contributed by atoms with Crippen molar-refractivity contribution in [1.29, 1.82) is 5.26 Å². The molecule has 3 aromatic rings. The summed E-state index contributed by atoms with van der Waals surface area (Å²) in [4.78, 5) is 15.4. The van der Waals surface area contributed by atoms with Gasteiger partial charge in [-0.05, 0) is 39.7 Å². The van der Waals surface area contributed by atoms with E-state index in [-0.39, 0.29) is 5.54 Å². The highest BCUT2D eigenvalue weighted by atomic mass is 15.2. The molecule has 0 atom stereocenters. The summed E-state index contributed by atoms with van der Waals surface area (Å²) in [6.07, 6.45) is 6.92. The van der Waals surface area contributed by atoms with Crippen LogP contribution in [0.25, 0.3) is 10.9 Å². The molecule has 2 aromatic heterocycles. The van der Waals surface area contributed by atoms with Gasteiger partial charge in [-0.1, -0.05) is 18.2 Å². The number of nitrogens with one attached hydrogen (secondary N) is 2. The van der Waals surface area contributed by atoms with Crippen LogP contribution in [0.15, 0.2) is 42.9 Å². The van der Waals surface area contributed by atoms with Crippen LogP contribution in [0, 0.1) is 11.3 Å². The third kappa shape index (κ3) is 4.34. The van der Waals surface area contributed by atoms with Gasteiger partial charge in [-0.25, -0.2) is 9.97 Å². The van der Waals surface area contributed by atoms with Crippen LogP contribution in [0.2, 0.25) is 0 Å². The summed E-state index contributed by atoms with van der Waals surface area (Å²) in [5.74, 6) is 1.08. The van der Waals surface area contributed by atoms with Crippen LogP contribution in [-0.4, -0.2) is 39.6 Å². The number of fused-ring (bicyclic) bond motifs is 1. The summed E-state index contributed by atoms with van der Waals surface area (Å²) in [5.41, 5.74) is 2.44. The minimum absolute atomic E-state index is 0.0990. The first-order chi connectivity index (χ1) is 14.4. The maximum Gasteiger partial charge on any atom is 0.152 e. The quantitative estimate of drug-likeness (QED) is 0.683. The fourth-order valence-electron chi connectivity index (χ4n) is 4.06. The minimum atomic E-state index is 0.0990. The molecule has 1 aromatic carbocycles. The second-order valence-electron chi connectivity index (χ2n) is 8.68. The van der Waals surface area contributed by atoms with Gasteiger partial charge in [-0.2, -0.15) is 5.26 Å². The topological polar surface area (TPSA) is 89.8 Å². The SMILES string of the molecule is CC(C)(C)NC1CCN(c2c(C#N)c(Nc3cnccn3)nc3ccccc23)CC1. The number of rotatable bonds is 4. The molecule has 0 aliphatic carbocycles. The molecule has 0 amide bonds. The van der Waals surface area contributed by atoms with Crippen molar-refractivity contribution < 1.29 is 0 Å². The van der Waals surface area contributed by atoms with Gasteiger partial charge in [0.2, 0.25) is 0 Å². The molecule has 1 fully saturated rings. The lowest BCUT2D eigenvalue weighted by molar-refractivity contribution is 0.317. The Balaban J connectivity index is 1.71. The van der Waals surface area contributed by atoms with Crippen molar-refractivity contribution in [2.75, 3.05) is 23.3 Å². The first-order valence-corrected chi connectivity index (χ1v) is 10.3. The van der Waals surface area contributed by atoms with Crippen molar-refractivity contribution >= 4 is 28.2 Å². The maximum absolute atomic E-state index is 10.1. The molecule has 30 heavy (non-hydrogen) atoms. The zero-order chi connectivity index (χ0) is 21.1. The normalized spacial score (nSPS) is 15.2. The van der Waals surface area contributed by atoms with Crippen LogP contribution in [-0.2, 0) is 0 Å². The third-order valence-electron chi connectivity index (χ3n) is 5.23. The van der Waals surface area contributed by atoms with Gasteiger partial charge in [0, 0.05) is 42.5 Å². The molecule has 2 N–H and O–H groups in total. The molecule has 0 bridgehead atoms. The van der Waals surface area contributed by atoms with Gasteiger partial charge in [0.15, 0.2) is 5.82 Å². The van der Waals surface area contributed by atoms with Gasteiger partial charge in [0.25, 0.3) is 0 Å². The number of para-hydroxylation sites is 1. The number of hydrogen-bond acceptors (Lipinski definition) is 7. The molecule has 7 nitrogen and oxygen atoms in total. The van der Waals surface area contributed by atoms with E-state index in [2.05, 4.69) is 52.3 Å². The Morgan fingerprint density at radius 3 is 2.57 bits per heavy atom. The summed E-state index contributed by atoms with van der Waals surface area (Å²) in [5, 5.41) is 18.0. The Morgan fingerprint density at radius 2 is 1.90 bits per heavy atom. The molecule has 154 valence electrons. The molecular weight excluding hydrogens is 374 g/mol. The van der Waals surface area contributed by atoms with Crippen molar-refractivity contribution in [2.24, 2.45) is 0 Å². The Labute approximate surface area is 177 Å². The van der Waals surface area contributed by atoms with Gasteiger partial charge < -0.3 is 15.5 Å². The first kappa shape index (κ1) is 20.0. The zero-order valence-corrected chi connectivity index (χ0v) is 17.7. The first-order valence-electron chi connectivity index (χ1n) is 10.3.